The van der Waals surface area contributed by atoms with Crippen molar-refractivity contribution in [2.24, 2.45) is 16.6 Å². The number of rotatable bonds is 4. The van der Waals surface area contributed by atoms with E-state index in [0.29, 0.717) is 31.5 Å². The van der Waals surface area contributed by atoms with Gasteiger partial charge in [0, 0.05) is 26.2 Å². The van der Waals surface area contributed by atoms with Crippen molar-refractivity contribution < 1.29 is 9.53 Å². The van der Waals surface area contributed by atoms with Crippen molar-refractivity contribution >= 4 is 36.0 Å². The van der Waals surface area contributed by atoms with Gasteiger partial charge in [0.15, 0.2) is 5.96 Å². The number of amides is 1. The van der Waals surface area contributed by atoms with E-state index in [9.17, 15) is 4.79 Å². The molecule has 1 aliphatic heterocycles. The van der Waals surface area contributed by atoms with Crippen molar-refractivity contribution in [3.05, 3.63) is 0 Å². The third-order valence-electron chi connectivity index (χ3n) is 3.66. The Kier molecular flexibility index (Phi) is 9.88. The number of carbonyl (C=O) groups excluding carboxylic acids is 1. The highest BCUT2D eigenvalue weighted by Crippen LogP contribution is 2.15. The number of likely N-dealkylation sites (N-methyl/N-ethyl adjacent to an activating group) is 1. The minimum absolute atomic E-state index is 0. The zero-order chi connectivity index (χ0) is 16.8. The summed E-state index contributed by atoms with van der Waals surface area (Å²) >= 11 is 0. The molecule has 1 atom stereocenters. The third kappa shape index (κ3) is 8.62. The van der Waals surface area contributed by atoms with Gasteiger partial charge < -0.3 is 20.3 Å². The van der Waals surface area contributed by atoms with E-state index in [4.69, 9.17) is 10.5 Å². The Labute approximate surface area is 157 Å². The van der Waals surface area contributed by atoms with Gasteiger partial charge in [0.2, 0.25) is 0 Å². The van der Waals surface area contributed by atoms with Crippen molar-refractivity contribution in [2.45, 2.75) is 53.1 Å². The van der Waals surface area contributed by atoms with Crippen LogP contribution in [0.25, 0.3) is 0 Å². The van der Waals surface area contributed by atoms with Gasteiger partial charge in [-0.1, -0.05) is 6.92 Å². The van der Waals surface area contributed by atoms with Crippen LogP contribution in [-0.2, 0) is 4.74 Å². The fourth-order valence-corrected chi connectivity index (χ4v) is 2.49. The Balaban J connectivity index is 0.00000484. The van der Waals surface area contributed by atoms with E-state index in [1.807, 2.05) is 27.7 Å². The summed E-state index contributed by atoms with van der Waals surface area (Å²) in [4.78, 5) is 20.2. The fraction of sp³-hybridized carbons (Fsp3) is 0.875. The second-order valence-corrected chi connectivity index (χ2v) is 6.99. The monoisotopic (exact) mass is 440 g/mol. The molecule has 0 aromatic heterocycles. The van der Waals surface area contributed by atoms with Gasteiger partial charge in [-0.25, -0.2) is 4.79 Å². The average Bonchev–Trinajstić information content (AvgIpc) is 2.41. The molecule has 1 fully saturated rings. The molecule has 0 bridgehead atoms. The molecule has 1 amide bonds. The van der Waals surface area contributed by atoms with E-state index in [1.165, 1.54) is 6.42 Å². The van der Waals surface area contributed by atoms with Crippen LogP contribution < -0.4 is 5.73 Å². The normalized spacial score (nSPS) is 19.1. The number of guanidine groups is 1. The fourth-order valence-electron chi connectivity index (χ4n) is 2.49. The van der Waals surface area contributed by atoms with Crippen LogP contribution in [0.5, 0.6) is 0 Å². The molecule has 0 spiro atoms. The van der Waals surface area contributed by atoms with Crippen molar-refractivity contribution in [2.75, 3.05) is 32.7 Å². The number of likely N-dealkylation sites (tertiary alicyclic amines) is 1. The first-order chi connectivity index (χ1) is 10.2. The summed E-state index contributed by atoms with van der Waals surface area (Å²) in [7, 11) is 0. The van der Waals surface area contributed by atoms with Gasteiger partial charge in [-0.05, 0) is 46.5 Å². The number of nitrogens with zero attached hydrogens (tertiary/aromatic N) is 3. The molecule has 1 rings (SSSR count). The zero-order valence-electron chi connectivity index (χ0n) is 15.2. The summed E-state index contributed by atoms with van der Waals surface area (Å²) in [5.74, 6) is 1.25. The van der Waals surface area contributed by atoms with Gasteiger partial charge in [-0.3, -0.25) is 4.99 Å². The summed E-state index contributed by atoms with van der Waals surface area (Å²) in [6.45, 7) is 13.3. The summed E-state index contributed by atoms with van der Waals surface area (Å²) < 4.78 is 5.38. The number of carbonyl (C=O) groups is 1. The van der Waals surface area contributed by atoms with E-state index in [2.05, 4.69) is 16.8 Å². The maximum Gasteiger partial charge on any atom is 0.410 e. The van der Waals surface area contributed by atoms with Crippen LogP contribution in [-0.4, -0.2) is 60.2 Å². The van der Waals surface area contributed by atoms with E-state index in [-0.39, 0.29) is 30.1 Å². The predicted octanol–water partition coefficient (Wildman–Crippen LogP) is 2.91. The van der Waals surface area contributed by atoms with E-state index >= 15 is 0 Å². The Morgan fingerprint density at radius 1 is 1.43 bits per heavy atom. The van der Waals surface area contributed by atoms with Gasteiger partial charge in [0.05, 0.1) is 6.54 Å². The molecular formula is C16H33IN4O2. The summed E-state index contributed by atoms with van der Waals surface area (Å²) in [5.41, 5.74) is 5.58. The second kappa shape index (κ2) is 10.2. The molecule has 7 heteroatoms. The lowest BCUT2D eigenvalue weighted by Gasteiger charge is -2.31. The summed E-state index contributed by atoms with van der Waals surface area (Å²) in [6.07, 6.45) is 2.12. The van der Waals surface area contributed by atoms with Crippen molar-refractivity contribution in [1.82, 2.24) is 9.80 Å². The smallest absolute Gasteiger partial charge is 0.410 e. The lowest BCUT2D eigenvalue weighted by Crippen LogP contribution is -2.44. The van der Waals surface area contributed by atoms with Crippen LogP contribution >= 0.6 is 24.0 Å². The minimum Gasteiger partial charge on any atom is -0.444 e. The van der Waals surface area contributed by atoms with Crippen molar-refractivity contribution in [1.29, 1.82) is 0 Å². The molecule has 0 saturated carbocycles. The number of hydrogen-bond donors (Lipinski definition) is 1. The van der Waals surface area contributed by atoms with Gasteiger partial charge in [-0.2, -0.15) is 0 Å². The average molecular weight is 440 g/mol. The molecule has 1 saturated heterocycles. The van der Waals surface area contributed by atoms with Gasteiger partial charge in [0.1, 0.15) is 5.60 Å². The number of hydrogen-bond acceptors (Lipinski definition) is 3. The molecule has 0 aliphatic carbocycles. The molecule has 6 nitrogen and oxygen atoms in total. The van der Waals surface area contributed by atoms with E-state index in [0.717, 1.165) is 19.5 Å². The van der Waals surface area contributed by atoms with Crippen LogP contribution in [0.15, 0.2) is 4.99 Å². The number of halogens is 1. The SMILES string of the molecule is CCN(CCN=C(N)N1CCCC(C)C1)C(=O)OC(C)(C)C.I. The molecule has 2 N–H and O–H groups in total. The van der Waals surface area contributed by atoms with Crippen molar-refractivity contribution in [3.63, 3.8) is 0 Å². The number of piperidine rings is 1. The third-order valence-corrected chi connectivity index (χ3v) is 3.66. The zero-order valence-corrected chi connectivity index (χ0v) is 17.5. The summed E-state index contributed by atoms with van der Waals surface area (Å²) in [6, 6.07) is 0. The van der Waals surface area contributed by atoms with Gasteiger partial charge in [-0.15, -0.1) is 24.0 Å². The molecule has 1 aliphatic rings. The number of nitrogens with two attached hydrogens (primary N) is 1. The summed E-state index contributed by atoms with van der Waals surface area (Å²) in [5, 5.41) is 0. The van der Waals surface area contributed by atoms with Crippen LogP contribution in [0.1, 0.15) is 47.5 Å². The highest BCUT2D eigenvalue weighted by atomic mass is 127. The van der Waals surface area contributed by atoms with Crippen LogP contribution in [0.2, 0.25) is 0 Å². The minimum atomic E-state index is -0.475. The molecule has 0 radical (unpaired) electrons. The molecule has 136 valence electrons. The largest absolute Gasteiger partial charge is 0.444 e. The Morgan fingerprint density at radius 2 is 2.09 bits per heavy atom. The second-order valence-electron chi connectivity index (χ2n) is 6.99. The first-order valence-electron chi connectivity index (χ1n) is 8.25. The molecule has 0 aromatic rings. The number of aliphatic imine (C=N–C) groups is 1. The lowest BCUT2D eigenvalue weighted by molar-refractivity contribution is 0.0266. The molecule has 0 aromatic carbocycles. The van der Waals surface area contributed by atoms with Crippen LogP contribution in [0.4, 0.5) is 4.79 Å². The van der Waals surface area contributed by atoms with Crippen molar-refractivity contribution in [3.8, 4) is 0 Å². The van der Waals surface area contributed by atoms with Gasteiger partial charge in [0.25, 0.3) is 0 Å². The molecular weight excluding hydrogens is 407 g/mol. The first-order valence-corrected chi connectivity index (χ1v) is 8.25. The molecule has 1 unspecified atom stereocenters. The molecule has 1 heterocycles. The highest BCUT2D eigenvalue weighted by molar-refractivity contribution is 14.0. The Morgan fingerprint density at radius 3 is 2.61 bits per heavy atom. The molecule has 23 heavy (non-hydrogen) atoms. The lowest BCUT2D eigenvalue weighted by atomic mass is 10.0. The quantitative estimate of drug-likeness (QED) is 0.415. The first kappa shape index (κ1) is 22.3. The Bertz CT molecular complexity index is 396. The van der Waals surface area contributed by atoms with Gasteiger partial charge >= 0.3 is 6.09 Å². The van der Waals surface area contributed by atoms with Crippen LogP contribution in [0.3, 0.4) is 0 Å². The van der Waals surface area contributed by atoms with E-state index in [1.54, 1.807) is 4.90 Å². The van der Waals surface area contributed by atoms with E-state index < -0.39 is 5.60 Å². The maximum absolute atomic E-state index is 12.0. The topological polar surface area (TPSA) is 71.2 Å². The number of ether oxygens (including phenoxy) is 1. The maximum atomic E-state index is 12.0. The highest BCUT2D eigenvalue weighted by Gasteiger charge is 2.21. The predicted molar refractivity (Wildman–Crippen MR) is 105 cm³/mol. The standard InChI is InChI=1S/C16H32N4O2.HI/c1-6-19(15(21)22-16(3,4)5)11-9-18-14(17)20-10-7-8-13(2)12-20;/h13H,6-12H2,1-5H3,(H2,17,18);1H. The van der Waals surface area contributed by atoms with Crippen LogP contribution in [0, 0.1) is 5.92 Å². The Hall–Kier alpha value is -0.730.